The van der Waals surface area contributed by atoms with E-state index >= 15 is 0 Å². The average molecular weight is 223 g/mol. The van der Waals surface area contributed by atoms with E-state index in [2.05, 4.69) is 15.3 Å². The lowest BCUT2D eigenvalue weighted by Crippen LogP contribution is -2.28. The van der Waals surface area contributed by atoms with Crippen LogP contribution in [0.3, 0.4) is 0 Å². The molecule has 5 nitrogen and oxygen atoms in total. The molecule has 1 saturated carbocycles. The van der Waals surface area contributed by atoms with Gasteiger partial charge in [-0.25, -0.2) is 9.97 Å². The molecule has 0 atom stereocenters. The summed E-state index contributed by atoms with van der Waals surface area (Å²) >= 11 is 0. The van der Waals surface area contributed by atoms with Gasteiger partial charge < -0.3 is 15.2 Å². The van der Waals surface area contributed by atoms with Gasteiger partial charge >= 0.3 is 0 Å². The molecule has 0 radical (unpaired) electrons. The Hall–Kier alpha value is -1.36. The molecule has 1 heterocycles. The lowest BCUT2D eigenvalue weighted by molar-refractivity contribution is 0.126. The molecule has 0 aromatic carbocycles. The van der Waals surface area contributed by atoms with Gasteiger partial charge in [0.05, 0.1) is 25.6 Å². The van der Waals surface area contributed by atoms with E-state index in [1.54, 1.807) is 19.5 Å². The smallest absolute Gasteiger partial charge is 0.223 e. The first-order chi connectivity index (χ1) is 7.78. The number of aromatic nitrogens is 2. The summed E-state index contributed by atoms with van der Waals surface area (Å²) < 4.78 is 4.99. The van der Waals surface area contributed by atoms with Crippen molar-refractivity contribution in [2.24, 2.45) is 0 Å². The van der Waals surface area contributed by atoms with Crippen LogP contribution in [-0.4, -0.2) is 34.3 Å². The molecular weight excluding hydrogens is 206 g/mol. The van der Waals surface area contributed by atoms with E-state index in [-0.39, 0.29) is 6.10 Å². The largest absolute Gasteiger partial charge is 0.494 e. The first-order valence-corrected chi connectivity index (χ1v) is 5.58. The van der Waals surface area contributed by atoms with Gasteiger partial charge in [0.25, 0.3) is 0 Å². The molecular formula is C11H17N3O2. The first-order valence-electron chi connectivity index (χ1n) is 5.58. The Balaban J connectivity index is 1.88. The van der Waals surface area contributed by atoms with Crippen molar-refractivity contribution in [3.63, 3.8) is 0 Å². The Labute approximate surface area is 94.9 Å². The SMILES string of the molecule is COc1cnc(NC2CCC(O)CC2)nc1. The van der Waals surface area contributed by atoms with E-state index in [1.807, 2.05) is 0 Å². The average Bonchev–Trinajstić information content (AvgIpc) is 2.33. The van der Waals surface area contributed by atoms with Crippen molar-refractivity contribution < 1.29 is 9.84 Å². The second-order valence-electron chi connectivity index (χ2n) is 4.10. The van der Waals surface area contributed by atoms with E-state index in [0.29, 0.717) is 17.7 Å². The van der Waals surface area contributed by atoms with Crippen LogP contribution in [0.2, 0.25) is 0 Å². The molecule has 2 N–H and O–H groups in total. The monoisotopic (exact) mass is 223 g/mol. The second-order valence-corrected chi connectivity index (χ2v) is 4.10. The minimum Gasteiger partial charge on any atom is -0.494 e. The van der Waals surface area contributed by atoms with Crippen molar-refractivity contribution in [1.82, 2.24) is 9.97 Å². The first kappa shape index (κ1) is 11.1. The van der Waals surface area contributed by atoms with Crippen molar-refractivity contribution in [1.29, 1.82) is 0 Å². The third-order valence-corrected chi connectivity index (χ3v) is 2.89. The summed E-state index contributed by atoms with van der Waals surface area (Å²) in [5.74, 6) is 1.28. The molecule has 2 rings (SSSR count). The Morgan fingerprint density at radius 2 is 1.88 bits per heavy atom. The molecule has 0 spiro atoms. The number of aliphatic hydroxyl groups is 1. The highest BCUT2D eigenvalue weighted by Crippen LogP contribution is 2.21. The van der Waals surface area contributed by atoms with Gasteiger partial charge in [-0.15, -0.1) is 0 Å². The maximum Gasteiger partial charge on any atom is 0.223 e. The van der Waals surface area contributed by atoms with Crippen LogP contribution >= 0.6 is 0 Å². The summed E-state index contributed by atoms with van der Waals surface area (Å²) in [7, 11) is 1.59. The van der Waals surface area contributed by atoms with Crippen molar-refractivity contribution in [2.75, 3.05) is 12.4 Å². The molecule has 1 aliphatic carbocycles. The van der Waals surface area contributed by atoms with Gasteiger partial charge in [0.2, 0.25) is 5.95 Å². The number of hydrogen-bond acceptors (Lipinski definition) is 5. The maximum atomic E-state index is 9.39. The number of aliphatic hydroxyl groups excluding tert-OH is 1. The van der Waals surface area contributed by atoms with E-state index in [9.17, 15) is 5.11 Å². The van der Waals surface area contributed by atoms with Crippen LogP contribution in [0, 0.1) is 0 Å². The van der Waals surface area contributed by atoms with Gasteiger partial charge in [-0.1, -0.05) is 0 Å². The third-order valence-electron chi connectivity index (χ3n) is 2.89. The number of rotatable bonds is 3. The van der Waals surface area contributed by atoms with Crippen molar-refractivity contribution in [2.45, 2.75) is 37.8 Å². The number of nitrogens with one attached hydrogen (secondary N) is 1. The van der Waals surface area contributed by atoms with Gasteiger partial charge in [0.15, 0.2) is 5.75 Å². The fraction of sp³-hybridized carbons (Fsp3) is 0.636. The van der Waals surface area contributed by atoms with Crippen LogP contribution in [0.5, 0.6) is 5.75 Å². The highest BCUT2D eigenvalue weighted by atomic mass is 16.5. The molecule has 1 aromatic heterocycles. The Kier molecular flexibility index (Phi) is 3.56. The molecule has 0 unspecified atom stereocenters. The number of anilines is 1. The van der Waals surface area contributed by atoms with Crippen molar-refractivity contribution in [3.05, 3.63) is 12.4 Å². The normalized spacial score (nSPS) is 25.1. The van der Waals surface area contributed by atoms with Gasteiger partial charge in [-0.3, -0.25) is 0 Å². The van der Waals surface area contributed by atoms with Crippen LogP contribution in [-0.2, 0) is 0 Å². The van der Waals surface area contributed by atoms with Gasteiger partial charge in [-0.05, 0) is 25.7 Å². The van der Waals surface area contributed by atoms with Crippen LogP contribution in [0.15, 0.2) is 12.4 Å². The predicted octanol–water partition coefficient (Wildman–Crippen LogP) is 1.20. The maximum absolute atomic E-state index is 9.39. The van der Waals surface area contributed by atoms with Crippen molar-refractivity contribution in [3.8, 4) is 5.75 Å². The zero-order valence-corrected chi connectivity index (χ0v) is 9.39. The summed E-state index contributed by atoms with van der Waals surface area (Å²) in [6.07, 6.45) is 6.81. The van der Waals surface area contributed by atoms with Gasteiger partial charge in [0.1, 0.15) is 0 Å². The lowest BCUT2D eigenvalue weighted by atomic mass is 9.93. The minimum atomic E-state index is -0.130. The summed E-state index contributed by atoms with van der Waals surface area (Å²) in [4.78, 5) is 8.31. The standard InChI is InChI=1S/C11H17N3O2/c1-16-10-6-12-11(13-7-10)14-8-2-4-9(15)5-3-8/h6-9,15H,2-5H2,1H3,(H,12,13,14). The van der Waals surface area contributed by atoms with E-state index in [1.165, 1.54) is 0 Å². The molecule has 88 valence electrons. The summed E-state index contributed by atoms with van der Waals surface area (Å²) in [5, 5.41) is 12.6. The summed E-state index contributed by atoms with van der Waals surface area (Å²) in [6, 6.07) is 0.372. The number of nitrogens with zero attached hydrogens (tertiary/aromatic N) is 2. The molecule has 1 aromatic rings. The quantitative estimate of drug-likeness (QED) is 0.806. The lowest BCUT2D eigenvalue weighted by Gasteiger charge is -2.26. The zero-order chi connectivity index (χ0) is 11.4. The Bertz CT molecular complexity index is 321. The number of hydrogen-bond donors (Lipinski definition) is 2. The Morgan fingerprint density at radius 1 is 1.25 bits per heavy atom. The predicted molar refractivity (Wildman–Crippen MR) is 60.5 cm³/mol. The molecule has 0 bridgehead atoms. The second kappa shape index (κ2) is 5.12. The topological polar surface area (TPSA) is 67.3 Å². The number of ether oxygens (including phenoxy) is 1. The molecule has 0 amide bonds. The fourth-order valence-electron chi connectivity index (χ4n) is 1.90. The number of methoxy groups -OCH3 is 1. The van der Waals surface area contributed by atoms with Crippen LogP contribution < -0.4 is 10.1 Å². The molecule has 16 heavy (non-hydrogen) atoms. The summed E-state index contributed by atoms with van der Waals surface area (Å²) in [6.45, 7) is 0. The van der Waals surface area contributed by atoms with Gasteiger partial charge in [0, 0.05) is 6.04 Å². The van der Waals surface area contributed by atoms with E-state index in [4.69, 9.17) is 4.74 Å². The molecule has 0 saturated heterocycles. The third kappa shape index (κ3) is 2.82. The van der Waals surface area contributed by atoms with Crippen molar-refractivity contribution >= 4 is 5.95 Å². The highest BCUT2D eigenvalue weighted by molar-refractivity contribution is 5.28. The van der Waals surface area contributed by atoms with Crippen LogP contribution in [0.25, 0.3) is 0 Å². The summed E-state index contributed by atoms with van der Waals surface area (Å²) in [5.41, 5.74) is 0. The molecule has 1 aliphatic rings. The van der Waals surface area contributed by atoms with Gasteiger partial charge in [-0.2, -0.15) is 0 Å². The minimum absolute atomic E-state index is 0.130. The Morgan fingerprint density at radius 3 is 2.44 bits per heavy atom. The van der Waals surface area contributed by atoms with E-state index in [0.717, 1.165) is 25.7 Å². The molecule has 1 fully saturated rings. The van der Waals surface area contributed by atoms with E-state index < -0.39 is 0 Å². The van der Waals surface area contributed by atoms with Crippen LogP contribution in [0.4, 0.5) is 5.95 Å². The van der Waals surface area contributed by atoms with Crippen LogP contribution in [0.1, 0.15) is 25.7 Å². The fourth-order valence-corrected chi connectivity index (χ4v) is 1.90. The molecule has 5 heteroatoms. The zero-order valence-electron chi connectivity index (χ0n) is 9.39. The molecule has 0 aliphatic heterocycles. The highest BCUT2D eigenvalue weighted by Gasteiger charge is 2.19.